The van der Waals surface area contributed by atoms with Crippen LogP contribution in [0.25, 0.3) is 0 Å². The van der Waals surface area contributed by atoms with Crippen LogP contribution >= 0.6 is 0 Å². The van der Waals surface area contributed by atoms with Gasteiger partial charge in [-0.25, -0.2) is 0 Å². The minimum atomic E-state index is -1.16. The van der Waals surface area contributed by atoms with Gasteiger partial charge >= 0.3 is 0 Å². The van der Waals surface area contributed by atoms with Crippen LogP contribution in [0.5, 0.6) is 0 Å². The van der Waals surface area contributed by atoms with E-state index < -0.39 is 8.07 Å². The molecule has 0 spiro atoms. The van der Waals surface area contributed by atoms with Gasteiger partial charge in [-0.3, -0.25) is 4.90 Å². The predicted molar refractivity (Wildman–Crippen MR) is 61.4 cm³/mol. The smallest absolute Gasteiger partial charge is 0.129 e. The van der Waals surface area contributed by atoms with E-state index in [9.17, 15) is 0 Å². The number of nitrogens with zero attached hydrogens (tertiary/aromatic N) is 1. The van der Waals surface area contributed by atoms with Crippen LogP contribution in [-0.2, 0) is 0 Å². The highest BCUT2D eigenvalue weighted by Crippen LogP contribution is 2.14. The zero-order valence-corrected chi connectivity index (χ0v) is 10.4. The molecule has 1 nitrogen and oxygen atoms in total. The summed E-state index contributed by atoms with van der Waals surface area (Å²) in [6.45, 7) is 8.15. The van der Waals surface area contributed by atoms with Gasteiger partial charge in [-0.05, 0) is 32.9 Å². The first-order valence-corrected chi connectivity index (χ1v) is 8.72. The first kappa shape index (κ1) is 10.8. The Balaban J connectivity index is 2.54. The van der Waals surface area contributed by atoms with Crippen LogP contribution in [0.15, 0.2) is 0 Å². The lowest BCUT2D eigenvalue weighted by Crippen LogP contribution is -2.35. The van der Waals surface area contributed by atoms with Gasteiger partial charge in [0.05, 0.1) is 6.04 Å². The van der Waals surface area contributed by atoms with Crippen LogP contribution in [0, 0.1) is 11.5 Å². The number of hydrogen-bond donors (Lipinski definition) is 0. The molecule has 1 atom stereocenters. The molecule has 0 saturated carbocycles. The van der Waals surface area contributed by atoms with Crippen molar-refractivity contribution in [1.82, 2.24) is 4.90 Å². The summed E-state index contributed by atoms with van der Waals surface area (Å²) in [4.78, 5) is 2.40. The fraction of sp³-hybridized carbons (Fsp3) is 0.818. The summed E-state index contributed by atoms with van der Waals surface area (Å²) in [7, 11) is 1.04. The molecule has 1 saturated heterocycles. The Labute approximate surface area is 83.5 Å². The monoisotopic (exact) mass is 195 g/mol. The summed E-state index contributed by atoms with van der Waals surface area (Å²) in [5, 5.41) is 0. The summed E-state index contributed by atoms with van der Waals surface area (Å²) < 4.78 is 0. The van der Waals surface area contributed by atoms with E-state index in [0.29, 0.717) is 6.04 Å². The molecule has 0 amide bonds. The molecule has 74 valence electrons. The maximum atomic E-state index is 3.47. The van der Waals surface area contributed by atoms with Gasteiger partial charge in [0.2, 0.25) is 0 Å². The molecule has 0 N–H and O–H groups in total. The van der Waals surface area contributed by atoms with E-state index in [2.05, 4.69) is 43.1 Å². The van der Waals surface area contributed by atoms with Crippen molar-refractivity contribution in [2.45, 2.75) is 44.9 Å². The summed E-state index contributed by atoms with van der Waals surface area (Å²) >= 11 is 0. The van der Waals surface area contributed by atoms with Gasteiger partial charge < -0.3 is 0 Å². The van der Waals surface area contributed by atoms with Crippen molar-refractivity contribution < 1.29 is 0 Å². The molecule has 0 aromatic rings. The Morgan fingerprint density at radius 3 is 2.46 bits per heavy atom. The number of rotatable bonds is 0. The molecule has 1 heterocycles. The molecule has 1 fully saturated rings. The van der Waals surface area contributed by atoms with E-state index in [1.807, 2.05) is 0 Å². The maximum Gasteiger partial charge on any atom is 0.129 e. The minimum absolute atomic E-state index is 0.542. The molecule has 1 aliphatic rings. The van der Waals surface area contributed by atoms with E-state index in [1.54, 1.807) is 0 Å². The highest BCUT2D eigenvalue weighted by atomic mass is 28.3. The van der Waals surface area contributed by atoms with E-state index in [1.165, 1.54) is 25.8 Å². The molecule has 0 aromatic heterocycles. The minimum Gasteiger partial charge on any atom is -0.293 e. The third-order valence-electron chi connectivity index (χ3n) is 2.38. The highest BCUT2D eigenvalue weighted by molar-refractivity contribution is 6.83. The first-order chi connectivity index (χ1) is 5.99. The van der Waals surface area contributed by atoms with Crippen LogP contribution in [0.1, 0.15) is 19.3 Å². The molecule has 1 unspecified atom stereocenters. The lowest BCUT2D eigenvalue weighted by Gasteiger charge is -2.28. The molecule has 0 radical (unpaired) electrons. The Morgan fingerprint density at radius 2 is 1.92 bits per heavy atom. The summed E-state index contributed by atoms with van der Waals surface area (Å²) in [6, 6.07) is 0.542. The molecular formula is C11H21NSi. The van der Waals surface area contributed by atoms with Gasteiger partial charge in [-0.1, -0.05) is 25.6 Å². The fourth-order valence-electron chi connectivity index (χ4n) is 1.56. The van der Waals surface area contributed by atoms with E-state index in [4.69, 9.17) is 0 Å². The van der Waals surface area contributed by atoms with Crippen LogP contribution in [0.4, 0.5) is 0 Å². The molecule has 0 bridgehead atoms. The van der Waals surface area contributed by atoms with Crippen molar-refractivity contribution >= 4 is 8.07 Å². The van der Waals surface area contributed by atoms with E-state index >= 15 is 0 Å². The topological polar surface area (TPSA) is 3.24 Å². The second kappa shape index (κ2) is 4.30. The molecule has 1 rings (SSSR count). The SMILES string of the molecule is CN1CCCCC1C#C[Si](C)(C)C. The molecule has 0 aliphatic carbocycles. The Bertz CT molecular complexity index is 218. The summed E-state index contributed by atoms with van der Waals surface area (Å²) in [6.07, 6.45) is 3.98. The van der Waals surface area contributed by atoms with Crippen molar-refractivity contribution in [2.24, 2.45) is 0 Å². The quantitative estimate of drug-likeness (QED) is 0.424. The predicted octanol–water partition coefficient (Wildman–Crippen LogP) is 2.35. The van der Waals surface area contributed by atoms with Gasteiger partial charge in [-0.2, -0.15) is 0 Å². The second-order valence-corrected chi connectivity index (χ2v) is 9.76. The Kier molecular flexibility index (Phi) is 3.58. The third kappa shape index (κ3) is 3.97. The van der Waals surface area contributed by atoms with Crippen LogP contribution < -0.4 is 0 Å². The normalized spacial score (nSPS) is 25.1. The standard InChI is InChI=1S/C11H21NSi/c1-12-9-6-5-7-11(12)8-10-13(2,3)4/h11H,5-7,9H2,1-4H3. The Morgan fingerprint density at radius 1 is 1.23 bits per heavy atom. The largest absolute Gasteiger partial charge is 0.293 e. The van der Waals surface area contributed by atoms with Crippen molar-refractivity contribution in [2.75, 3.05) is 13.6 Å². The molecule has 0 aromatic carbocycles. The Hall–Kier alpha value is -0.263. The van der Waals surface area contributed by atoms with Crippen molar-refractivity contribution in [1.29, 1.82) is 0 Å². The van der Waals surface area contributed by atoms with Crippen LogP contribution in [-0.4, -0.2) is 32.6 Å². The second-order valence-electron chi connectivity index (χ2n) is 5.01. The number of likely N-dealkylation sites (tertiary alicyclic amines) is 1. The van der Waals surface area contributed by atoms with Gasteiger partial charge in [0.15, 0.2) is 0 Å². The van der Waals surface area contributed by atoms with Crippen LogP contribution in [0.2, 0.25) is 19.6 Å². The lowest BCUT2D eigenvalue weighted by atomic mass is 10.0. The van der Waals surface area contributed by atoms with E-state index in [0.717, 1.165) is 0 Å². The lowest BCUT2D eigenvalue weighted by molar-refractivity contribution is 0.229. The average Bonchev–Trinajstić information content (AvgIpc) is 2.01. The summed E-state index contributed by atoms with van der Waals surface area (Å²) in [5.74, 6) is 3.45. The van der Waals surface area contributed by atoms with E-state index in [-0.39, 0.29) is 0 Å². The molecule has 1 aliphatic heterocycles. The van der Waals surface area contributed by atoms with Gasteiger partial charge in [0, 0.05) is 0 Å². The first-order valence-electron chi connectivity index (χ1n) is 5.22. The van der Waals surface area contributed by atoms with Gasteiger partial charge in [0.1, 0.15) is 8.07 Å². The molecule has 2 heteroatoms. The maximum absolute atomic E-state index is 3.47. The van der Waals surface area contributed by atoms with Crippen molar-refractivity contribution in [3.63, 3.8) is 0 Å². The number of hydrogen-bond acceptors (Lipinski definition) is 1. The number of piperidine rings is 1. The van der Waals surface area contributed by atoms with Gasteiger partial charge in [-0.15, -0.1) is 5.54 Å². The highest BCUT2D eigenvalue weighted by Gasteiger charge is 2.17. The third-order valence-corrected chi connectivity index (χ3v) is 3.28. The van der Waals surface area contributed by atoms with Crippen molar-refractivity contribution in [3.8, 4) is 11.5 Å². The zero-order chi connectivity index (χ0) is 9.90. The van der Waals surface area contributed by atoms with Crippen LogP contribution in [0.3, 0.4) is 0 Å². The summed E-state index contributed by atoms with van der Waals surface area (Å²) in [5.41, 5.74) is 3.47. The molecule has 13 heavy (non-hydrogen) atoms. The molecular weight excluding hydrogens is 174 g/mol. The van der Waals surface area contributed by atoms with Gasteiger partial charge in [0.25, 0.3) is 0 Å². The zero-order valence-electron chi connectivity index (χ0n) is 9.35. The average molecular weight is 195 g/mol. The fourth-order valence-corrected chi connectivity index (χ4v) is 2.16. The van der Waals surface area contributed by atoms with Crippen molar-refractivity contribution in [3.05, 3.63) is 0 Å².